The molecule has 1 aromatic heterocycles. The number of nitriles is 1. The highest BCUT2D eigenvalue weighted by atomic mass is 32.2. The van der Waals surface area contributed by atoms with Crippen molar-refractivity contribution in [2.45, 2.75) is 27.7 Å². The molecule has 1 amide bonds. The van der Waals surface area contributed by atoms with Crippen LogP contribution in [0.25, 0.3) is 5.69 Å². The van der Waals surface area contributed by atoms with Gasteiger partial charge < -0.3 is 5.32 Å². The van der Waals surface area contributed by atoms with E-state index in [1.807, 2.05) is 11.8 Å². The van der Waals surface area contributed by atoms with Gasteiger partial charge in [-0.2, -0.15) is 22.3 Å². The van der Waals surface area contributed by atoms with Crippen LogP contribution in [0.3, 0.4) is 0 Å². The number of piperazine rings is 1. The first-order chi connectivity index (χ1) is 16.1. The number of nitrogens with zero attached hydrogens (tertiary/aromatic N) is 5. The van der Waals surface area contributed by atoms with Crippen molar-refractivity contribution in [3.8, 4) is 11.8 Å². The van der Waals surface area contributed by atoms with E-state index in [9.17, 15) is 22.9 Å². The molecule has 1 aliphatic rings. The summed E-state index contributed by atoms with van der Waals surface area (Å²) in [7, 11) is -3.51. The van der Waals surface area contributed by atoms with Crippen LogP contribution in [0, 0.1) is 31.0 Å². The minimum atomic E-state index is -3.51. The number of aromatic nitrogens is 1. The van der Waals surface area contributed by atoms with Crippen molar-refractivity contribution in [2.24, 2.45) is 0 Å². The lowest BCUT2D eigenvalue weighted by Crippen LogP contribution is -2.54. The number of carbonyl (C=O) groups is 1. The van der Waals surface area contributed by atoms with Crippen LogP contribution in [0.1, 0.15) is 30.7 Å². The predicted octanol–water partition coefficient (Wildman–Crippen LogP) is 2.25. The highest BCUT2D eigenvalue weighted by Gasteiger charge is 2.31. The molecule has 2 aromatic rings. The summed E-state index contributed by atoms with van der Waals surface area (Å²) < 4.78 is 43.8. The van der Waals surface area contributed by atoms with Gasteiger partial charge in [-0.15, -0.1) is 0 Å². The van der Waals surface area contributed by atoms with Gasteiger partial charge in [-0.3, -0.25) is 14.3 Å². The van der Waals surface area contributed by atoms with E-state index in [0.717, 1.165) is 5.69 Å². The summed E-state index contributed by atoms with van der Waals surface area (Å²) in [6.45, 7) is 9.52. The number of benzene rings is 1. The van der Waals surface area contributed by atoms with Gasteiger partial charge in [-0.25, -0.2) is 4.39 Å². The van der Waals surface area contributed by atoms with E-state index in [0.29, 0.717) is 61.9 Å². The lowest BCUT2D eigenvalue weighted by molar-refractivity contribution is -0.117. The Labute approximate surface area is 200 Å². The van der Waals surface area contributed by atoms with Crippen LogP contribution in [0.15, 0.2) is 24.3 Å². The summed E-state index contributed by atoms with van der Waals surface area (Å²) >= 11 is 0. The van der Waals surface area contributed by atoms with Crippen molar-refractivity contribution in [1.29, 1.82) is 5.26 Å². The minimum absolute atomic E-state index is 0.0520. The molecular formula is C23H31FN6O3S. The van der Waals surface area contributed by atoms with Crippen molar-refractivity contribution in [3.63, 3.8) is 0 Å². The van der Waals surface area contributed by atoms with Gasteiger partial charge in [0.25, 0.3) is 10.2 Å². The molecule has 0 bridgehead atoms. The number of nitrogens with one attached hydrogen (secondary N) is 1. The number of hydrogen-bond donors (Lipinski definition) is 1. The molecule has 0 spiro atoms. The SMILES string of the molecule is CCN(CC)S(=O)(=O)N1CCN(CC(=O)Nc2c(C#N)c(C)c(C)n2-c2cccc(F)c2)CC1. The second kappa shape index (κ2) is 10.7. The number of anilines is 1. The van der Waals surface area contributed by atoms with Gasteiger partial charge in [0.15, 0.2) is 0 Å². The lowest BCUT2D eigenvalue weighted by atomic mass is 10.2. The molecule has 1 N–H and O–H groups in total. The molecule has 1 aliphatic heterocycles. The molecule has 11 heteroatoms. The summed E-state index contributed by atoms with van der Waals surface area (Å²) in [5.41, 5.74) is 2.27. The molecule has 34 heavy (non-hydrogen) atoms. The van der Waals surface area contributed by atoms with E-state index in [-0.39, 0.29) is 12.5 Å². The quantitative estimate of drug-likeness (QED) is 0.612. The molecule has 9 nitrogen and oxygen atoms in total. The normalized spacial score (nSPS) is 15.4. The Morgan fingerprint density at radius 3 is 2.38 bits per heavy atom. The molecule has 1 saturated heterocycles. The fraction of sp³-hybridized carbons (Fsp3) is 0.478. The van der Waals surface area contributed by atoms with E-state index in [2.05, 4.69) is 11.4 Å². The maximum absolute atomic E-state index is 13.9. The highest BCUT2D eigenvalue weighted by Crippen LogP contribution is 2.30. The Kier molecular flexibility index (Phi) is 8.09. The average molecular weight is 491 g/mol. The summed E-state index contributed by atoms with van der Waals surface area (Å²) in [6.07, 6.45) is 0. The Morgan fingerprint density at radius 1 is 1.18 bits per heavy atom. The second-order valence-corrected chi connectivity index (χ2v) is 10.1. The number of amides is 1. The lowest BCUT2D eigenvalue weighted by Gasteiger charge is -2.35. The first-order valence-electron chi connectivity index (χ1n) is 11.3. The van der Waals surface area contributed by atoms with Gasteiger partial charge in [-0.05, 0) is 37.6 Å². The fourth-order valence-corrected chi connectivity index (χ4v) is 5.81. The largest absolute Gasteiger partial charge is 0.310 e. The van der Waals surface area contributed by atoms with Gasteiger partial charge in [-0.1, -0.05) is 19.9 Å². The second-order valence-electron chi connectivity index (χ2n) is 8.18. The summed E-state index contributed by atoms with van der Waals surface area (Å²) in [5, 5.41) is 12.5. The van der Waals surface area contributed by atoms with Crippen molar-refractivity contribution < 1.29 is 17.6 Å². The summed E-state index contributed by atoms with van der Waals surface area (Å²) in [6, 6.07) is 8.10. The number of carbonyl (C=O) groups excluding carboxylic acids is 1. The monoisotopic (exact) mass is 490 g/mol. The average Bonchev–Trinajstić information content (AvgIpc) is 3.03. The predicted molar refractivity (Wildman–Crippen MR) is 128 cm³/mol. The van der Waals surface area contributed by atoms with Crippen LogP contribution in [0.4, 0.5) is 10.2 Å². The molecule has 1 fully saturated rings. The Morgan fingerprint density at radius 2 is 1.82 bits per heavy atom. The Bertz CT molecular complexity index is 1190. The van der Waals surface area contributed by atoms with Gasteiger partial charge in [0, 0.05) is 45.0 Å². The van der Waals surface area contributed by atoms with E-state index in [1.54, 1.807) is 37.5 Å². The van der Waals surface area contributed by atoms with Crippen LogP contribution < -0.4 is 5.32 Å². The Hall–Kier alpha value is -2.78. The van der Waals surface area contributed by atoms with Crippen LogP contribution in [0.2, 0.25) is 0 Å². The molecule has 0 radical (unpaired) electrons. The molecule has 3 rings (SSSR count). The third-order valence-electron chi connectivity index (χ3n) is 6.21. The van der Waals surface area contributed by atoms with Crippen LogP contribution >= 0.6 is 0 Å². The van der Waals surface area contributed by atoms with Crippen LogP contribution in [-0.4, -0.2) is 78.2 Å². The van der Waals surface area contributed by atoms with E-state index < -0.39 is 16.0 Å². The molecule has 2 heterocycles. The number of hydrogen-bond acceptors (Lipinski definition) is 5. The zero-order valence-electron chi connectivity index (χ0n) is 20.0. The van der Waals surface area contributed by atoms with E-state index in [1.165, 1.54) is 20.7 Å². The standard InChI is InChI=1S/C23H31FN6O3S/c1-5-28(6-2)34(32,33)29-12-10-27(11-13-29)16-22(31)26-23-21(15-25)17(3)18(4)30(23)20-9-7-8-19(24)14-20/h7-9,14H,5-6,10-13,16H2,1-4H3,(H,26,31). The van der Waals surface area contributed by atoms with Gasteiger partial charge in [0.2, 0.25) is 5.91 Å². The van der Waals surface area contributed by atoms with Gasteiger partial charge in [0.05, 0.1) is 17.8 Å². The maximum Gasteiger partial charge on any atom is 0.282 e. The Balaban J connectivity index is 1.73. The number of rotatable bonds is 8. The van der Waals surface area contributed by atoms with Crippen molar-refractivity contribution in [1.82, 2.24) is 18.1 Å². The molecule has 0 saturated carbocycles. The first kappa shape index (κ1) is 25.8. The van der Waals surface area contributed by atoms with Crippen molar-refractivity contribution in [3.05, 3.63) is 46.9 Å². The summed E-state index contributed by atoms with van der Waals surface area (Å²) in [5.74, 6) is -0.445. The third-order valence-corrected chi connectivity index (χ3v) is 8.39. The fourth-order valence-electron chi connectivity index (χ4n) is 4.21. The molecule has 184 valence electrons. The molecule has 1 aromatic carbocycles. The van der Waals surface area contributed by atoms with Crippen LogP contribution in [-0.2, 0) is 15.0 Å². The van der Waals surface area contributed by atoms with E-state index in [4.69, 9.17) is 0 Å². The zero-order chi connectivity index (χ0) is 25.0. The van der Waals surface area contributed by atoms with E-state index >= 15 is 0 Å². The first-order valence-corrected chi connectivity index (χ1v) is 12.7. The smallest absolute Gasteiger partial charge is 0.282 e. The molecule has 0 unspecified atom stereocenters. The van der Waals surface area contributed by atoms with Crippen LogP contribution in [0.5, 0.6) is 0 Å². The topological polar surface area (TPSA) is 102 Å². The zero-order valence-corrected chi connectivity index (χ0v) is 20.8. The highest BCUT2D eigenvalue weighted by molar-refractivity contribution is 7.86. The van der Waals surface area contributed by atoms with Crippen molar-refractivity contribution >= 4 is 21.9 Å². The summed E-state index contributed by atoms with van der Waals surface area (Å²) in [4.78, 5) is 14.8. The molecule has 0 aliphatic carbocycles. The molecule has 0 atom stereocenters. The maximum atomic E-state index is 13.9. The molecular weight excluding hydrogens is 459 g/mol. The number of halogens is 1. The third kappa shape index (κ3) is 5.15. The van der Waals surface area contributed by atoms with Crippen molar-refractivity contribution in [2.75, 3.05) is 51.1 Å². The minimum Gasteiger partial charge on any atom is -0.310 e. The van der Waals surface area contributed by atoms with Gasteiger partial charge in [0.1, 0.15) is 17.7 Å². The van der Waals surface area contributed by atoms with Gasteiger partial charge >= 0.3 is 0 Å².